The molecule has 0 amide bonds. The van der Waals surface area contributed by atoms with Gasteiger partial charge >= 0.3 is 0 Å². The van der Waals surface area contributed by atoms with Crippen LogP contribution in [0.15, 0.2) is 179 Å². The van der Waals surface area contributed by atoms with Crippen LogP contribution in [0.2, 0.25) is 0 Å². The summed E-state index contributed by atoms with van der Waals surface area (Å²) < 4.78 is 14.4. The Morgan fingerprint density at radius 2 is 0.943 bits per heavy atom. The molecule has 3 aromatic heterocycles. The lowest BCUT2D eigenvalue weighted by Crippen LogP contribution is -1.91. The summed E-state index contributed by atoms with van der Waals surface area (Å²) in [6.45, 7) is 0. The average Bonchev–Trinajstić information content (AvgIpc) is 3.92. The molecular weight excluding hydrogens is 665 g/mol. The maximum atomic E-state index is 6.66. The molecule has 0 fully saturated rings. The van der Waals surface area contributed by atoms with Crippen LogP contribution in [0.4, 0.5) is 0 Å². The molecule has 0 aliphatic carbocycles. The van der Waals surface area contributed by atoms with Crippen molar-refractivity contribution in [1.29, 1.82) is 0 Å². The number of thiophene rings is 1. The highest BCUT2D eigenvalue weighted by Crippen LogP contribution is 2.47. The summed E-state index contributed by atoms with van der Waals surface area (Å²) in [7, 11) is 0. The summed E-state index contributed by atoms with van der Waals surface area (Å²) in [5, 5.41) is 13.0. The van der Waals surface area contributed by atoms with Gasteiger partial charge in [0.15, 0.2) is 0 Å². The van der Waals surface area contributed by atoms with Gasteiger partial charge in [-0.15, -0.1) is 11.3 Å². The van der Waals surface area contributed by atoms with Gasteiger partial charge < -0.3 is 8.83 Å². The number of fused-ring (bicyclic) bond motifs is 11. The van der Waals surface area contributed by atoms with Crippen molar-refractivity contribution in [1.82, 2.24) is 0 Å². The molecule has 0 unspecified atom stereocenters. The van der Waals surface area contributed by atoms with Crippen LogP contribution < -0.4 is 0 Å². The Labute approximate surface area is 307 Å². The van der Waals surface area contributed by atoms with Crippen LogP contribution >= 0.6 is 11.3 Å². The van der Waals surface area contributed by atoms with Gasteiger partial charge in [0.1, 0.15) is 22.3 Å². The van der Waals surface area contributed by atoms with Crippen molar-refractivity contribution in [3.8, 4) is 32.7 Å². The first kappa shape index (κ1) is 29.0. The minimum absolute atomic E-state index is 0.902. The normalized spacial score (nSPS) is 12.2. The Morgan fingerprint density at radius 3 is 1.74 bits per heavy atom. The Morgan fingerprint density at radius 1 is 0.340 bits per heavy atom. The van der Waals surface area contributed by atoms with Gasteiger partial charge in [-0.1, -0.05) is 127 Å². The minimum Gasteiger partial charge on any atom is -0.456 e. The minimum atomic E-state index is 0.902. The van der Waals surface area contributed by atoms with Crippen molar-refractivity contribution >= 4 is 97.6 Å². The van der Waals surface area contributed by atoms with E-state index in [0.717, 1.165) is 54.8 Å². The second-order valence-electron chi connectivity index (χ2n) is 14.0. The number of benzene rings is 9. The van der Waals surface area contributed by atoms with Crippen LogP contribution in [-0.2, 0) is 0 Å². The van der Waals surface area contributed by atoms with E-state index < -0.39 is 0 Å². The molecule has 9 aromatic carbocycles. The van der Waals surface area contributed by atoms with E-state index in [-0.39, 0.29) is 0 Å². The van der Waals surface area contributed by atoms with Crippen LogP contribution in [0.5, 0.6) is 0 Å². The largest absolute Gasteiger partial charge is 0.456 e. The van der Waals surface area contributed by atoms with Gasteiger partial charge in [0, 0.05) is 36.5 Å². The van der Waals surface area contributed by atoms with E-state index in [1.165, 1.54) is 64.1 Å². The average molecular weight is 693 g/mol. The third-order valence-corrected chi connectivity index (χ3v) is 12.2. The van der Waals surface area contributed by atoms with E-state index in [0.29, 0.717) is 0 Å². The molecule has 0 atom stereocenters. The Balaban J connectivity index is 1.07. The summed E-state index contributed by atoms with van der Waals surface area (Å²) in [6, 6.07) is 61.3. The lowest BCUT2D eigenvalue weighted by atomic mass is 9.84. The lowest BCUT2D eigenvalue weighted by molar-refractivity contribution is 0.669. The summed E-state index contributed by atoms with van der Waals surface area (Å²) >= 11 is 1.83. The van der Waals surface area contributed by atoms with Gasteiger partial charge in [-0.2, -0.15) is 0 Å². The zero-order valence-electron chi connectivity index (χ0n) is 28.4. The molecule has 0 bridgehead atoms. The van der Waals surface area contributed by atoms with Crippen molar-refractivity contribution in [3.63, 3.8) is 0 Å². The van der Waals surface area contributed by atoms with Crippen molar-refractivity contribution in [2.75, 3.05) is 0 Å². The molecule has 0 saturated carbocycles. The standard InChI is InChI=1S/C50H28O2S/c1-2-11-29(12-3-1)46-27-31-26-45-42(28-47(31)53-46)34-22-21-30(25-44(34)51-45)48-36-14-4-6-16-38(36)49(39-17-7-5-15-37(39)48)35-18-10-19-40-32(35)23-24-41-33-13-8-9-20-43(33)52-50(40)41/h1-28H. The van der Waals surface area contributed by atoms with E-state index in [9.17, 15) is 0 Å². The lowest BCUT2D eigenvalue weighted by Gasteiger charge is -2.18. The molecule has 12 rings (SSSR count). The first-order valence-electron chi connectivity index (χ1n) is 18.0. The van der Waals surface area contributed by atoms with Crippen LogP contribution in [-0.4, -0.2) is 0 Å². The van der Waals surface area contributed by atoms with Crippen molar-refractivity contribution < 1.29 is 8.83 Å². The zero-order valence-corrected chi connectivity index (χ0v) is 29.2. The first-order chi connectivity index (χ1) is 26.3. The van der Waals surface area contributed by atoms with Crippen molar-refractivity contribution in [2.24, 2.45) is 0 Å². The molecular formula is C50H28O2S. The molecule has 53 heavy (non-hydrogen) atoms. The number of para-hydroxylation sites is 1. The maximum Gasteiger partial charge on any atom is 0.143 e. The molecule has 0 saturated heterocycles. The molecule has 3 heteroatoms. The third-order valence-electron chi connectivity index (χ3n) is 11.1. The van der Waals surface area contributed by atoms with Crippen LogP contribution in [0.1, 0.15) is 0 Å². The summed E-state index contributed by atoms with van der Waals surface area (Å²) in [5.41, 5.74) is 9.72. The predicted octanol–water partition coefficient (Wildman–Crippen LogP) is 15.2. The van der Waals surface area contributed by atoms with Gasteiger partial charge in [0.05, 0.1) is 0 Å². The molecule has 0 aliphatic heterocycles. The fraction of sp³-hybridized carbons (Fsp3) is 0. The molecule has 12 aromatic rings. The van der Waals surface area contributed by atoms with E-state index >= 15 is 0 Å². The molecule has 246 valence electrons. The summed E-state index contributed by atoms with van der Waals surface area (Å²) in [4.78, 5) is 1.27. The highest BCUT2D eigenvalue weighted by Gasteiger charge is 2.20. The number of hydrogen-bond donors (Lipinski definition) is 0. The SMILES string of the molecule is c1ccc(-c2cc3cc4oc5cc(-c6c7ccccc7c(-c7cccc8c7ccc7c9ccccc9oc87)c7ccccc67)ccc5c4cc3s2)cc1. The van der Waals surface area contributed by atoms with E-state index in [2.05, 4.69) is 164 Å². The zero-order chi connectivity index (χ0) is 34.6. The fourth-order valence-electron chi connectivity index (χ4n) is 8.70. The predicted molar refractivity (Wildman–Crippen MR) is 225 cm³/mol. The van der Waals surface area contributed by atoms with E-state index in [1.807, 2.05) is 17.4 Å². The monoisotopic (exact) mass is 692 g/mol. The quantitative estimate of drug-likeness (QED) is 0.172. The topological polar surface area (TPSA) is 26.3 Å². The van der Waals surface area contributed by atoms with E-state index in [4.69, 9.17) is 8.83 Å². The second-order valence-corrected chi connectivity index (χ2v) is 15.0. The van der Waals surface area contributed by atoms with Crippen molar-refractivity contribution in [2.45, 2.75) is 0 Å². The van der Waals surface area contributed by atoms with Gasteiger partial charge in [-0.25, -0.2) is 0 Å². The molecule has 3 heterocycles. The van der Waals surface area contributed by atoms with Crippen molar-refractivity contribution in [3.05, 3.63) is 170 Å². The molecule has 0 spiro atoms. The number of rotatable bonds is 3. The highest BCUT2D eigenvalue weighted by molar-refractivity contribution is 7.22. The Bertz CT molecular complexity index is 3390. The van der Waals surface area contributed by atoms with Gasteiger partial charge in [-0.3, -0.25) is 0 Å². The fourth-order valence-corrected chi connectivity index (χ4v) is 9.79. The molecule has 2 nitrogen and oxygen atoms in total. The first-order valence-corrected chi connectivity index (χ1v) is 18.8. The number of hydrogen-bond acceptors (Lipinski definition) is 3. The van der Waals surface area contributed by atoms with Gasteiger partial charge in [0.25, 0.3) is 0 Å². The Kier molecular flexibility index (Phi) is 5.96. The molecule has 0 aliphatic rings. The summed E-state index contributed by atoms with van der Waals surface area (Å²) in [5.74, 6) is 0. The molecule has 0 radical (unpaired) electrons. The van der Waals surface area contributed by atoms with Crippen LogP contribution in [0, 0.1) is 0 Å². The highest BCUT2D eigenvalue weighted by atomic mass is 32.1. The van der Waals surface area contributed by atoms with Crippen LogP contribution in [0.3, 0.4) is 0 Å². The smallest absolute Gasteiger partial charge is 0.143 e. The molecule has 0 N–H and O–H groups in total. The summed E-state index contributed by atoms with van der Waals surface area (Å²) in [6.07, 6.45) is 0. The third kappa shape index (κ3) is 4.20. The van der Waals surface area contributed by atoms with Gasteiger partial charge in [0.2, 0.25) is 0 Å². The maximum absolute atomic E-state index is 6.66. The number of furan rings is 2. The second kappa shape index (κ2) is 10.9. The van der Waals surface area contributed by atoms with Gasteiger partial charge in [-0.05, 0) is 103 Å². The van der Waals surface area contributed by atoms with E-state index in [1.54, 1.807) is 0 Å². The Hall–Kier alpha value is -6.68. The van der Waals surface area contributed by atoms with Crippen LogP contribution in [0.25, 0.3) is 119 Å².